The van der Waals surface area contributed by atoms with Crippen molar-refractivity contribution in [1.29, 1.82) is 5.26 Å². The van der Waals surface area contributed by atoms with Gasteiger partial charge >= 0.3 is 5.97 Å². The molecule has 0 spiro atoms. The zero-order valence-corrected chi connectivity index (χ0v) is 16.2. The number of esters is 1. The van der Waals surface area contributed by atoms with E-state index in [1.807, 2.05) is 6.07 Å². The Morgan fingerprint density at radius 1 is 1.15 bits per heavy atom. The maximum absolute atomic E-state index is 12.9. The van der Waals surface area contributed by atoms with Gasteiger partial charge in [0, 0.05) is 0 Å². The van der Waals surface area contributed by atoms with Gasteiger partial charge in [-0.2, -0.15) is 9.98 Å². The zero-order valence-electron chi connectivity index (χ0n) is 15.4. The van der Waals surface area contributed by atoms with Crippen LogP contribution in [0, 0.1) is 32.1 Å². The summed E-state index contributed by atoms with van der Waals surface area (Å²) in [6.07, 6.45) is 0. The minimum absolute atomic E-state index is 0.0720. The fourth-order valence-corrected chi connectivity index (χ4v) is 4.15. The van der Waals surface area contributed by atoms with E-state index in [9.17, 15) is 18.3 Å². The largest absolute Gasteiger partial charge is 0.507 e. The molecule has 0 saturated carbocycles. The quantitative estimate of drug-likeness (QED) is 0.760. The van der Waals surface area contributed by atoms with Crippen LogP contribution in [0.3, 0.4) is 0 Å². The van der Waals surface area contributed by atoms with Crippen molar-refractivity contribution in [3.8, 4) is 11.8 Å². The van der Waals surface area contributed by atoms with Gasteiger partial charge in [-0.15, -0.1) is 0 Å². The van der Waals surface area contributed by atoms with Crippen LogP contribution in [-0.4, -0.2) is 26.6 Å². The summed E-state index contributed by atoms with van der Waals surface area (Å²) in [5, 5.41) is 19.0. The molecule has 2 aromatic rings. The van der Waals surface area contributed by atoms with Crippen molar-refractivity contribution < 1.29 is 23.1 Å². The molecule has 27 heavy (non-hydrogen) atoms. The molecular weight excluding hydrogens is 368 g/mol. The maximum atomic E-state index is 12.9. The standard InChI is InChI=1S/C19H20N2O5S/c1-11-5-6-14(10-20)9-16(11)27(24,25)21-17(19(23)26-4)15-7-12(2)18(22)13(3)8-15/h5-9,17,21-22H,1-4H3/t17-/m1/s1. The van der Waals surface area contributed by atoms with Gasteiger partial charge in [0.15, 0.2) is 0 Å². The third-order valence-electron chi connectivity index (χ3n) is 4.16. The van der Waals surface area contributed by atoms with Gasteiger partial charge in [-0.1, -0.05) is 18.2 Å². The van der Waals surface area contributed by atoms with Crippen LogP contribution in [0.5, 0.6) is 5.75 Å². The van der Waals surface area contributed by atoms with Gasteiger partial charge in [0.25, 0.3) is 0 Å². The summed E-state index contributed by atoms with van der Waals surface area (Å²) >= 11 is 0. The monoisotopic (exact) mass is 388 g/mol. The Labute approximate surface area is 158 Å². The van der Waals surface area contributed by atoms with Crippen LogP contribution in [0.2, 0.25) is 0 Å². The van der Waals surface area contributed by atoms with Crippen LogP contribution >= 0.6 is 0 Å². The summed E-state index contributed by atoms with van der Waals surface area (Å²) < 4.78 is 32.9. The van der Waals surface area contributed by atoms with Gasteiger partial charge in [-0.05, 0) is 55.2 Å². The molecule has 0 amide bonds. The van der Waals surface area contributed by atoms with E-state index in [2.05, 4.69) is 4.72 Å². The third kappa shape index (κ3) is 4.27. The van der Waals surface area contributed by atoms with Crippen molar-refractivity contribution in [3.05, 3.63) is 58.1 Å². The summed E-state index contributed by atoms with van der Waals surface area (Å²) in [6, 6.07) is 7.92. The highest BCUT2D eigenvalue weighted by molar-refractivity contribution is 7.89. The number of nitriles is 1. The van der Waals surface area contributed by atoms with Crippen LogP contribution in [0.4, 0.5) is 0 Å². The van der Waals surface area contributed by atoms with E-state index >= 15 is 0 Å². The average Bonchev–Trinajstić information content (AvgIpc) is 2.63. The van der Waals surface area contributed by atoms with E-state index in [0.29, 0.717) is 22.3 Å². The van der Waals surface area contributed by atoms with E-state index in [-0.39, 0.29) is 16.2 Å². The number of sulfonamides is 1. The second kappa shape index (κ2) is 7.78. The Morgan fingerprint density at radius 3 is 2.26 bits per heavy atom. The Hall–Kier alpha value is -2.89. The summed E-state index contributed by atoms with van der Waals surface area (Å²) in [5.41, 5.74) is 1.96. The molecule has 2 rings (SSSR count). The number of rotatable bonds is 5. The molecule has 0 aliphatic rings. The van der Waals surface area contributed by atoms with Crippen molar-refractivity contribution >= 4 is 16.0 Å². The van der Waals surface area contributed by atoms with E-state index in [4.69, 9.17) is 10.00 Å². The number of benzene rings is 2. The van der Waals surface area contributed by atoms with Gasteiger partial charge in [-0.25, -0.2) is 13.2 Å². The molecule has 0 heterocycles. The minimum atomic E-state index is -4.13. The SMILES string of the molecule is COC(=O)[C@H](NS(=O)(=O)c1cc(C#N)ccc1C)c1cc(C)c(O)c(C)c1. The van der Waals surface area contributed by atoms with Gasteiger partial charge in [0.05, 0.1) is 23.6 Å². The number of aromatic hydroxyl groups is 1. The van der Waals surface area contributed by atoms with Gasteiger partial charge in [-0.3, -0.25) is 0 Å². The number of phenolic OH excluding ortho intramolecular Hbond substituents is 1. The molecule has 7 nitrogen and oxygen atoms in total. The topological polar surface area (TPSA) is 116 Å². The predicted octanol–water partition coefficient (Wildman–Crippen LogP) is 2.38. The Bertz CT molecular complexity index is 1020. The predicted molar refractivity (Wildman–Crippen MR) is 98.6 cm³/mol. The highest BCUT2D eigenvalue weighted by atomic mass is 32.2. The number of carbonyl (C=O) groups excluding carboxylic acids is 1. The summed E-state index contributed by atoms with van der Waals surface area (Å²) in [6.45, 7) is 4.89. The fraction of sp³-hybridized carbons (Fsp3) is 0.263. The second-order valence-corrected chi connectivity index (χ2v) is 7.86. The van der Waals surface area contributed by atoms with E-state index in [0.717, 1.165) is 7.11 Å². The molecule has 0 aromatic heterocycles. The first-order valence-corrected chi connectivity index (χ1v) is 9.50. The molecule has 0 fully saturated rings. The molecule has 0 radical (unpaired) electrons. The van der Waals surface area contributed by atoms with Crippen molar-refractivity contribution in [3.63, 3.8) is 0 Å². The molecule has 8 heteroatoms. The molecule has 2 aromatic carbocycles. The summed E-state index contributed by atoms with van der Waals surface area (Å²) in [7, 11) is -2.97. The lowest BCUT2D eigenvalue weighted by molar-refractivity contribution is -0.142. The lowest BCUT2D eigenvalue weighted by Gasteiger charge is -2.19. The Balaban J connectivity index is 2.54. The number of aryl methyl sites for hydroxylation is 3. The highest BCUT2D eigenvalue weighted by Gasteiger charge is 2.30. The van der Waals surface area contributed by atoms with Crippen LogP contribution in [0.1, 0.15) is 33.9 Å². The van der Waals surface area contributed by atoms with Gasteiger partial charge in [0.1, 0.15) is 11.8 Å². The first-order valence-electron chi connectivity index (χ1n) is 8.01. The molecule has 0 saturated heterocycles. The smallest absolute Gasteiger partial charge is 0.328 e. The molecule has 0 bridgehead atoms. The highest BCUT2D eigenvalue weighted by Crippen LogP contribution is 2.28. The van der Waals surface area contributed by atoms with E-state index in [1.165, 1.54) is 30.3 Å². The number of hydrogen-bond donors (Lipinski definition) is 2. The number of phenols is 1. The maximum Gasteiger partial charge on any atom is 0.328 e. The molecule has 1 atom stereocenters. The number of nitrogens with one attached hydrogen (secondary N) is 1. The van der Waals surface area contributed by atoms with Crippen LogP contribution < -0.4 is 4.72 Å². The first kappa shape index (κ1) is 20.4. The number of ether oxygens (including phenoxy) is 1. The van der Waals surface area contributed by atoms with Crippen LogP contribution in [0.15, 0.2) is 35.2 Å². The Kier molecular flexibility index (Phi) is 5.88. The summed E-state index contributed by atoms with van der Waals surface area (Å²) in [4.78, 5) is 12.2. The second-order valence-electron chi connectivity index (χ2n) is 6.17. The van der Waals surface area contributed by atoms with Crippen molar-refractivity contribution in [2.75, 3.05) is 7.11 Å². The number of carbonyl (C=O) groups is 1. The first-order chi connectivity index (χ1) is 12.6. The van der Waals surface area contributed by atoms with Gasteiger partial charge < -0.3 is 9.84 Å². The normalized spacial score (nSPS) is 12.3. The van der Waals surface area contributed by atoms with E-state index in [1.54, 1.807) is 20.8 Å². The molecule has 0 aliphatic carbocycles. The zero-order chi connectivity index (χ0) is 20.4. The lowest BCUT2D eigenvalue weighted by Crippen LogP contribution is -2.35. The van der Waals surface area contributed by atoms with E-state index < -0.39 is 22.0 Å². The molecule has 142 valence electrons. The van der Waals surface area contributed by atoms with Crippen molar-refractivity contribution in [2.24, 2.45) is 0 Å². The fourth-order valence-electron chi connectivity index (χ4n) is 2.70. The van der Waals surface area contributed by atoms with Crippen LogP contribution in [0.25, 0.3) is 0 Å². The van der Waals surface area contributed by atoms with Crippen molar-refractivity contribution in [1.82, 2.24) is 4.72 Å². The van der Waals surface area contributed by atoms with Crippen molar-refractivity contribution in [2.45, 2.75) is 31.7 Å². The molecule has 2 N–H and O–H groups in total. The average molecular weight is 388 g/mol. The third-order valence-corrected chi connectivity index (χ3v) is 5.73. The van der Waals surface area contributed by atoms with Crippen LogP contribution in [-0.2, 0) is 19.6 Å². The lowest BCUT2D eigenvalue weighted by atomic mass is 10.0. The number of nitrogens with zero attached hydrogens (tertiary/aromatic N) is 1. The Morgan fingerprint density at radius 2 is 1.74 bits per heavy atom. The minimum Gasteiger partial charge on any atom is -0.507 e. The molecular formula is C19H20N2O5S. The molecule has 0 aliphatic heterocycles. The van der Waals surface area contributed by atoms with Gasteiger partial charge in [0.2, 0.25) is 10.0 Å². The number of methoxy groups -OCH3 is 1. The summed E-state index contributed by atoms with van der Waals surface area (Å²) in [5.74, 6) is -0.722. The number of hydrogen-bond acceptors (Lipinski definition) is 6. The molecule has 0 unspecified atom stereocenters.